The molecule has 2 rings (SSSR count). The summed E-state index contributed by atoms with van der Waals surface area (Å²) in [7, 11) is 0. The fraction of sp³-hybridized carbons (Fsp3) is 0.455. The number of aryl methyl sites for hydroxylation is 1. The summed E-state index contributed by atoms with van der Waals surface area (Å²) in [5.74, 6) is 0.808. The summed E-state index contributed by atoms with van der Waals surface area (Å²) in [4.78, 5) is 0. The minimum atomic E-state index is 0.401. The van der Waals surface area contributed by atoms with Crippen molar-refractivity contribution in [1.82, 2.24) is 0 Å². The predicted octanol–water partition coefficient (Wildman–Crippen LogP) is 6.65. The first-order valence-electron chi connectivity index (χ1n) is 9.26. The van der Waals surface area contributed by atoms with Crippen molar-refractivity contribution < 1.29 is 0 Å². The minimum Gasteiger partial charge on any atom is -0.399 e. The Labute approximate surface area is 161 Å². The molecule has 3 heteroatoms. The van der Waals surface area contributed by atoms with Gasteiger partial charge in [0.15, 0.2) is 0 Å². The van der Waals surface area contributed by atoms with Crippen LogP contribution in [0, 0.1) is 0 Å². The van der Waals surface area contributed by atoms with Crippen LogP contribution < -0.4 is 11.5 Å². The molecule has 2 nitrogen and oxygen atoms in total. The second-order valence-corrected chi connectivity index (χ2v) is 8.18. The molecule has 0 spiro atoms. The number of halogens is 1. The van der Waals surface area contributed by atoms with Crippen LogP contribution >= 0.6 is 15.9 Å². The van der Waals surface area contributed by atoms with Gasteiger partial charge in [0.05, 0.1) is 0 Å². The SMILES string of the molecule is CCc1cc(N)cc(C(C)C)c1-c1c(C(C)C)cc(N)c(Br)c1CC. The van der Waals surface area contributed by atoms with Gasteiger partial charge in [-0.05, 0) is 92.2 Å². The van der Waals surface area contributed by atoms with E-state index in [0.717, 1.165) is 28.7 Å². The molecule has 0 fully saturated rings. The molecule has 0 bridgehead atoms. The number of benzene rings is 2. The van der Waals surface area contributed by atoms with Gasteiger partial charge < -0.3 is 11.5 Å². The molecule has 0 atom stereocenters. The van der Waals surface area contributed by atoms with E-state index in [9.17, 15) is 0 Å². The Kier molecular flexibility index (Phi) is 6.21. The van der Waals surface area contributed by atoms with Crippen molar-refractivity contribution in [1.29, 1.82) is 0 Å². The third-order valence-electron chi connectivity index (χ3n) is 4.92. The maximum Gasteiger partial charge on any atom is 0.0464 e. The molecule has 0 saturated carbocycles. The van der Waals surface area contributed by atoms with Gasteiger partial charge in [-0.25, -0.2) is 0 Å². The Morgan fingerprint density at radius 1 is 0.840 bits per heavy atom. The fourth-order valence-corrected chi connectivity index (χ4v) is 4.23. The van der Waals surface area contributed by atoms with Gasteiger partial charge in [-0.15, -0.1) is 0 Å². The molecule has 0 aliphatic rings. The standard InChI is InChI=1S/C22H31BrN2/c1-7-14-9-15(24)10-17(12(3)4)20(14)21-16(8-2)22(23)19(25)11-18(21)13(5)6/h9-13H,7-8,24-25H2,1-6H3. The normalized spacial score (nSPS) is 11.6. The Morgan fingerprint density at radius 2 is 1.40 bits per heavy atom. The molecule has 4 N–H and O–H groups in total. The van der Waals surface area contributed by atoms with Crippen molar-refractivity contribution in [3.63, 3.8) is 0 Å². The van der Waals surface area contributed by atoms with Crippen LogP contribution in [0.3, 0.4) is 0 Å². The van der Waals surface area contributed by atoms with Crippen LogP contribution in [0.5, 0.6) is 0 Å². The van der Waals surface area contributed by atoms with E-state index in [1.165, 1.54) is 33.4 Å². The summed E-state index contributed by atoms with van der Waals surface area (Å²) in [5, 5.41) is 0. The summed E-state index contributed by atoms with van der Waals surface area (Å²) in [6.07, 6.45) is 1.90. The molecule has 0 amide bonds. The second-order valence-electron chi connectivity index (χ2n) is 7.38. The van der Waals surface area contributed by atoms with Crippen molar-refractivity contribution in [3.8, 4) is 11.1 Å². The highest BCUT2D eigenvalue weighted by molar-refractivity contribution is 9.10. The van der Waals surface area contributed by atoms with E-state index in [-0.39, 0.29) is 0 Å². The molecule has 2 aromatic rings. The third kappa shape index (κ3) is 3.72. The molecule has 136 valence electrons. The lowest BCUT2D eigenvalue weighted by Crippen LogP contribution is -2.07. The fourth-order valence-electron chi connectivity index (χ4n) is 3.64. The Bertz CT molecular complexity index is 776. The Morgan fingerprint density at radius 3 is 1.88 bits per heavy atom. The topological polar surface area (TPSA) is 52.0 Å². The zero-order chi connectivity index (χ0) is 18.9. The molecule has 0 saturated heterocycles. The first kappa shape index (κ1) is 19.8. The summed E-state index contributed by atoms with van der Waals surface area (Å²) in [6, 6.07) is 6.42. The number of hydrogen-bond acceptors (Lipinski definition) is 2. The first-order valence-corrected chi connectivity index (χ1v) is 10.0. The highest BCUT2D eigenvalue weighted by Crippen LogP contribution is 2.44. The molecule has 0 aliphatic carbocycles. The average Bonchev–Trinajstić information content (AvgIpc) is 2.55. The van der Waals surface area contributed by atoms with Crippen molar-refractivity contribution in [3.05, 3.63) is 44.9 Å². The van der Waals surface area contributed by atoms with Gasteiger partial charge in [-0.2, -0.15) is 0 Å². The first-order chi connectivity index (χ1) is 11.7. The van der Waals surface area contributed by atoms with Crippen LogP contribution in [0.2, 0.25) is 0 Å². The minimum absolute atomic E-state index is 0.401. The lowest BCUT2D eigenvalue weighted by atomic mass is 9.80. The van der Waals surface area contributed by atoms with E-state index in [4.69, 9.17) is 11.5 Å². The van der Waals surface area contributed by atoms with Crippen molar-refractivity contribution in [2.75, 3.05) is 11.5 Å². The van der Waals surface area contributed by atoms with Gasteiger partial charge in [-0.1, -0.05) is 41.5 Å². The molecule has 0 radical (unpaired) electrons. The van der Waals surface area contributed by atoms with Crippen LogP contribution in [-0.2, 0) is 12.8 Å². The average molecular weight is 403 g/mol. The van der Waals surface area contributed by atoms with Crippen LogP contribution in [0.25, 0.3) is 11.1 Å². The number of rotatable bonds is 5. The van der Waals surface area contributed by atoms with Gasteiger partial charge in [-0.3, -0.25) is 0 Å². The lowest BCUT2D eigenvalue weighted by molar-refractivity contribution is 0.850. The molecule has 0 unspecified atom stereocenters. The zero-order valence-electron chi connectivity index (χ0n) is 16.3. The van der Waals surface area contributed by atoms with E-state index < -0.39 is 0 Å². The van der Waals surface area contributed by atoms with Crippen LogP contribution in [-0.4, -0.2) is 0 Å². The quantitative estimate of drug-likeness (QED) is 0.549. The van der Waals surface area contributed by atoms with E-state index in [1.54, 1.807) is 0 Å². The molecule has 2 aromatic carbocycles. The monoisotopic (exact) mass is 402 g/mol. The molecule has 0 heterocycles. The summed E-state index contributed by atoms with van der Waals surface area (Å²) in [6.45, 7) is 13.4. The highest BCUT2D eigenvalue weighted by atomic mass is 79.9. The van der Waals surface area contributed by atoms with Gasteiger partial charge >= 0.3 is 0 Å². The van der Waals surface area contributed by atoms with Crippen molar-refractivity contribution in [2.45, 2.75) is 66.2 Å². The predicted molar refractivity (Wildman–Crippen MR) is 115 cm³/mol. The van der Waals surface area contributed by atoms with Gasteiger partial charge in [0.2, 0.25) is 0 Å². The lowest BCUT2D eigenvalue weighted by Gasteiger charge is -2.26. The van der Waals surface area contributed by atoms with E-state index in [2.05, 4.69) is 75.7 Å². The second kappa shape index (κ2) is 7.82. The van der Waals surface area contributed by atoms with Crippen molar-refractivity contribution in [2.24, 2.45) is 0 Å². The summed E-state index contributed by atoms with van der Waals surface area (Å²) in [5.41, 5.74) is 22.1. The summed E-state index contributed by atoms with van der Waals surface area (Å²) >= 11 is 3.74. The third-order valence-corrected chi connectivity index (χ3v) is 5.86. The molecule has 0 aliphatic heterocycles. The van der Waals surface area contributed by atoms with Gasteiger partial charge in [0, 0.05) is 15.8 Å². The zero-order valence-corrected chi connectivity index (χ0v) is 17.9. The molecular weight excluding hydrogens is 372 g/mol. The number of anilines is 2. The molecule has 25 heavy (non-hydrogen) atoms. The number of nitrogen functional groups attached to an aromatic ring is 2. The smallest absolute Gasteiger partial charge is 0.0464 e. The van der Waals surface area contributed by atoms with E-state index in [1.807, 2.05) is 0 Å². The maximum atomic E-state index is 6.31. The van der Waals surface area contributed by atoms with E-state index >= 15 is 0 Å². The Balaban J connectivity index is 3.02. The largest absolute Gasteiger partial charge is 0.399 e. The van der Waals surface area contributed by atoms with E-state index in [0.29, 0.717) is 11.8 Å². The van der Waals surface area contributed by atoms with Gasteiger partial charge in [0.25, 0.3) is 0 Å². The molecule has 0 aromatic heterocycles. The Hall–Kier alpha value is -1.48. The molecular formula is C22H31BrN2. The number of nitrogens with two attached hydrogens (primary N) is 2. The number of hydrogen-bond donors (Lipinski definition) is 2. The van der Waals surface area contributed by atoms with Crippen LogP contribution in [0.15, 0.2) is 22.7 Å². The highest BCUT2D eigenvalue weighted by Gasteiger charge is 2.23. The maximum absolute atomic E-state index is 6.31. The van der Waals surface area contributed by atoms with Crippen LogP contribution in [0.4, 0.5) is 11.4 Å². The van der Waals surface area contributed by atoms with Crippen LogP contribution in [0.1, 0.15) is 75.6 Å². The van der Waals surface area contributed by atoms with Gasteiger partial charge in [0.1, 0.15) is 0 Å². The summed E-state index contributed by atoms with van der Waals surface area (Å²) < 4.78 is 1.03. The van der Waals surface area contributed by atoms with Crippen molar-refractivity contribution >= 4 is 27.3 Å².